The van der Waals surface area contributed by atoms with Crippen molar-refractivity contribution in [2.45, 2.75) is 17.9 Å². The van der Waals surface area contributed by atoms with E-state index >= 15 is 0 Å². The van der Waals surface area contributed by atoms with Gasteiger partial charge in [0.25, 0.3) is 0 Å². The fraction of sp³-hybridized carbons (Fsp3) is 0.231. The van der Waals surface area contributed by atoms with Crippen LogP contribution in [0, 0.1) is 0 Å². The number of nitrogens with zero attached hydrogens (tertiary/aromatic N) is 2. The largest absolute Gasteiger partial charge is 0.417 e. The number of H-pyrrole nitrogens is 1. The van der Waals surface area contributed by atoms with E-state index in [1.54, 1.807) is 12.5 Å². The van der Waals surface area contributed by atoms with Crippen LogP contribution in [0.2, 0.25) is 0 Å². The lowest BCUT2D eigenvalue weighted by atomic mass is 10.3. The van der Waals surface area contributed by atoms with Crippen molar-refractivity contribution in [3.63, 3.8) is 0 Å². The molecule has 8 nitrogen and oxygen atoms in total. The molecule has 9 heteroatoms. The lowest BCUT2D eigenvalue weighted by Crippen LogP contribution is -2.25. The molecule has 0 spiro atoms. The van der Waals surface area contributed by atoms with Crippen LogP contribution in [0.4, 0.5) is 0 Å². The van der Waals surface area contributed by atoms with E-state index in [2.05, 4.69) is 14.7 Å². The maximum atomic E-state index is 12.2. The number of hydrogen-bond acceptors (Lipinski definition) is 5. The molecule has 0 amide bonds. The average Bonchev–Trinajstić information content (AvgIpc) is 3.10. The Morgan fingerprint density at radius 2 is 2.23 bits per heavy atom. The number of aromatic amines is 1. The number of rotatable bonds is 6. The third-order valence-corrected chi connectivity index (χ3v) is 4.60. The maximum Gasteiger partial charge on any atom is 0.417 e. The quantitative estimate of drug-likeness (QED) is 0.649. The highest BCUT2D eigenvalue weighted by Gasteiger charge is 2.15. The fourth-order valence-corrected chi connectivity index (χ4v) is 3.17. The Morgan fingerprint density at radius 3 is 3.00 bits per heavy atom. The molecule has 0 fully saturated rings. The summed E-state index contributed by atoms with van der Waals surface area (Å²) >= 11 is 0. The summed E-state index contributed by atoms with van der Waals surface area (Å²) in [5.74, 6) is -0.613. The van der Waals surface area contributed by atoms with Crippen molar-refractivity contribution in [3.05, 3.63) is 47.5 Å². The van der Waals surface area contributed by atoms with Gasteiger partial charge >= 0.3 is 5.76 Å². The zero-order chi connectivity index (χ0) is 15.6. The van der Waals surface area contributed by atoms with Crippen molar-refractivity contribution in [3.8, 4) is 0 Å². The number of sulfonamides is 1. The monoisotopic (exact) mass is 322 g/mol. The van der Waals surface area contributed by atoms with Crippen LogP contribution < -0.4 is 10.5 Å². The lowest BCUT2D eigenvalue weighted by Gasteiger charge is -2.07. The van der Waals surface area contributed by atoms with E-state index < -0.39 is 15.8 Å². The topological polar surface area (TPSA) is 110 Å². The van der Waals surface area contributed by atoms with Gasteiger partial charge in [-0.05, 0) is 24.6 Å². The van der Waals surface area contributed by atoms with Gasteiger partial charge in [-0.3, -0.25) is 4.98 Å². The van der Waals surface area contributed by atoms with Gasteiger partial charge in [0.2, 0.25) is 10.0 Å². The molecule has 22 heavy (non-hydrogen) atoms. The average molecular weight is 322 g/mol. The summed E-state index contributed by atoms with van der Waals surface area (Å²) in [4.78, 5) is 17.5. The minimum Gasteiger partial charge on any atom is -0.408 e. The molecule has 3 rings (SSSR count). The number of fused-ring (bicyclic) bond motifs is 1. The van der Waals surface area contributed by atoms with Crippen molar-refractivity contribution in [2.75, 3.05) is 6.54 Å². The van der Waals surface area contributed by atoms with Crippen LogP contribution in [-0.2, 0) is 16.6 Å². The molecule has 0 aliphatic heterocycles. The van der Waals surface area contributed by atoms with Crippen LogP contribution in [0.1, 0.15) is 6.42 Å². The van der Waals surface area contributed by atoms with Gasteiger partial charge < -0.3 is 8.98 Å². The molecular formula is C13H14N4O4S. The molecule has 2 aromatic heterocycles. The Balaban J connectivity index is 1.66. The Bertz CT molecular complexity index is 925. The number of hydrogen-bond donors (Lipinski definition) is 2. The maximum absolute atomic E-state index is 12.2. The third-order valence-electron chi connectivity index (χ3n) is 3.15. The summed E-state index contributed by atoms with van der Waals surface area (Å²) in [6, 6.07) is 4.23. The second kappa shape index (κ2) is 5.78. The molecule has 0 atom stereocenters. The summed E-state index contributed by atoms with van der Waals surface area (Å²) in [6.45, 7) is 0.983. The van der Waals surface area contributed by atoms with Gasteiger partial charge in [-0.25, -0.2) is 22.9 Å². The predicted octanol–water partition coefficient (Wildman–Crippen LogP) is 0.686. The van der Waals surface area contributed by atoms with Crippen LogP contribution in [0.15, 0.2) is 51.0 Å². The Kier molecular flexibility index (Phi) is 3.82. The normalized spacial score (nSPS) is 12.0. The number of oxazole rings is 1. The van der Waals surface area contributed by atoms with Gasteiger partial charge in [-0.1, -0.05) is 0 Å². The van der Waals surface area contributed by atoms with E-state index in [1.165, 1.54) is 18.2 Å². The van der Waals surface area contributed by atoms with Crippen LogP contribution in [0.3, 0.4) is 0 Å². The summed E-state index contributed by atoms with van der Waals surface area (Å²) in [5.41, 5.74) is 0.676. The minimum atomic E-state index is -3.62. The first-order valence-electron chi connectivity index (χ1n) is 6.63. The number of aromatic nitrogens is 3. The predicted molar refractivity (Wildman–Crippen MR) is 78.9 cm³/mol. The molecule has 0 aliphatic rings. The van der Waals surface area contributed by atoms with Gasteiger partial charge in [0.15, 0.2) is 5.58 Å². The third kappa shape index (κ3) is 3.10. The summed E-state index contributed by atoms with van der Waals surface area (Å²) in [7, 11) is -3.62. The van der Waals surface area contributed by atoms with Crippen molar-refractivity contribution < 1.29 is 12.8 Å². The standard InChI is InChI=1S/C13H14N4O4S/c18-13-16-11-8-10(2-3-12(11)21-13)22(19,20)15-4-1-6-17-7-5-14-9-17/h2-3,5,7-9,15H,1,4,6H2,(H,16,18). The first-order chi connectivity index (χ1) is 10.5. The summed E-state index contributed by atoms with van der Waals surface area (Å²) in [6.07, 6.45) is 5.81. The van der Waals surface area contributed by atoms with Crippen LogP contribution >= 0.6 is 0 Å². The zero-order valence-corrected chi connectivity index (χ0v) is 12.3. The first-order valence-corrected chi connectivity index (χ1v) is 8.11. The fourth-order valence-electron chi connectivity index (χ4n) is 2.07. The highest BCUT2D eigenvalue weighted by atomic mass is 32.2. The first kappa shape index (κ1) is 14.5. The smallest absolute Gasteiger partial charge is 0.408 e. The highest BCUT2D eigenvalue weighted by molar-refractivity contribution is 7.89. The molecule has 0 aliphatic carbocycles. The van der Waals surface area contributed by atoms with Crippen LogP contribution in [-0.4, -0.2) is 29.5 Å². The molecule has 0 radical (unpaired) electrons. The summed E-state index contributed by atoms with van der Waals surface area (Å²) in [5, 5.41) is 0. The van der Waals surface area contributed by atoms with E-state index in [0.717, 1.165) is 0 Å². The van der Waals surface area contributed by atoms with Crippen LogP contribution in [0.5, 0.6) is 0 Å². The zero-order valence-electron chi connectivity index (χ0n) is 11.5. The SMILES string of the molecule is O=c1[nH]c2cc(S(=O)(=O)NCCCn3ccnc3)ccc2o1. The molecule has 0 saturated heterocycles. The Morgan fingerprint density at radius 1 is 1.36 bits per heavy atom. The van der Waals surface area contributed by atoms with Crippen molar-refractivity contribution >= 4 is 21.1 Å². The second-order valence-corrected chi connectivity index (χ2v) is 6.49. The molecule has 0 bridgehead atoms. The van der Waals surface area contributed by atoms with E-state index in [9.17, 15) is 13.2 Å². The van der Waals surface area contributed by atoms with Gasteiger partial charge in [0.05, 0.1) is 16.7 Å². The highest BCUT2D eigenvalue weighted by Crippen LogP contribution is 2.16. The number of nitrogens with one attached hydrogen (secondary N) is 2. The number of benzene rings is 1. The second-order valence-electron chi connectivity index (χ2n) is 4.72. The van der Waals surface area contributed by atoms with E-state index in [-0.39, 0.29) is 4.90 Å². The van der Waals surface area contributed by atoms with E-state index in [1.807, 2.05) is 10.8 Å². The molecule has 2 heterocycles. The van der Waals surface area contributed by atoms with Gasteiger partial charge in [0.1, 0.15) is 0 Å². The van der Waals surface area contributed by atoms with Crippen LogP contribution in [0.25, 0.3) is 11.1 Å². The summed E-state index contributed by atoms with van der Waals surface area (Å²) < 4.78 is 33.6. The van der Waals surface area contributed by atoms with Crippen molar-refractivity contribution in [1.29, 1.82) is 0 Å². The Hall–Kier alpha value is -2.39. The molecular weight excluding hydrogens is 308 g/mol. The molecule has 116 valence electrons. The molecule has 2 N–H and O–H groups in total. The molecule has 0 saturated carbocycles. The van der Waals surface area contributed by atoms with Crippen molar-refractivity contribution in [1.82, 2.24) is 19.3 Å². The molecule has 1 aromatic carbocycles. The van der Waals surface area contributed by atoms with Crippen molar-refractivity contribution in [2.24, 2.45) is 0 Å². The molecule has 3 aromatic rings. The van der Waals surface area contributed by atoms with Gasteiger partial charge in [-0.15, -0.1) is 0 Å². The number of aryl methyl sites for hydroxylation is 1. The van der Waals surface area contributed by atoms with Gasteiger partial charge in [0, 0.05) is 25.5 Å². The van der Waals surface area contributed by atoms with E-state index in [0.29, 0.717) is 30.6 Å². The molecule has 0 unspecified atom stereocenters. The Labute approximate surface area is 125 Å². The van der Waals surface area contributed by atoms with E-state index in [4.69, 9.17) is 4.42 Å². The lowest BCUT2D eigenvalue weighted by molar-refractivity contribution is 0.555. The number of imidazole rings is 1. The minimum absolute atomic E-state index is 0.0830. The van der Waals surface area contributed by atoms with Gasteiger partial charge in [-0.2, -0.15) is 0 Å².